The van der Waals surface area contributed by atoms with Crippen LogP contribution in [0.3, 0.4) is 0 Å². The maximum absolute atomic E-state index is 10.4. The molecule has 1 saturated carbocycles. The van der Waals surface area contributed by atoms with Gasteiger partial charge in [0.05, 0.1) is 0 Å². The van der Waals surface area contributed by atoms with Gasteiger partial charge >= 0.3 is 5.97 Å². The number of nitrogens with zero attached hydrogens (tertiary/aromatic N) is 2. The fourth-order valence-corrected chi connectivity index (χ4v) is 1.66. The van der Waals surface area contributed by atoms with E-state index in [1.165, 1.54) is 0 Å². The normalized spacial score (nSPS) is 17.8. The molecule has 5 nitrogen and oxygen atoms in total. The molecule has 0 radical (unpaired) electrons. The van der Waals surface area contributed by atoms with E-state index in [1.807, 2.05) is 0 Å². The van der Waals surface area contributed by atoms with E-state index in [1.54, 1.807) is 0 Å². The van der Waals surface area contributed by atoms with Crippen LogP contribution in [0.15, 0.2) is 4.52 Å². The van der Waals surface area contributed by atoms with Gasteiger partial charge in [-0.3, -0.25) is 0 Å². The number of hydrogen-bond acceptors (Lipinski definition) is 4. The highest BCUT2D eigenvalue weighted by Gasteiger charge is 2.24. The van der Waals surface area contributed by atoms with Gasteiger partial charge in [-0.2, -0.15) is 4.98 Å². The molecule has 13 heavy (non-hydrogen) atoms. The molecule has 0 saturated heterocycles. The monoisotopic (exact) mass is 182 g/mol. The zero-order chi connectivity index (χ0) is 9.26. The molecule has 2 rings (SSSR count). The van der Waals surface area contributed by atoms with Crippen molar-refractivity contribution in [2.45, 2.75) is 31.6 Å². The summed E-state index contributed by atoms with van der Waals surface area (Å²) in [5.74, 6) is -0.606. The van der Waals surface area contributed by atoms with Crippen LogP contribution in [0.25, 0.3) is 0 Å². The van der Waals surface area contributed by atoms with Crippen LogP contribution in [-0.4, -0.2) is 21.2 Å². The molecule has 5 heteroatoms. The molecule has 1 fully saturated rings. The average Bonchev–Trinajstić information content (AvgIpc) is 2.75. The zero-order valence-corrected chi connectivity index (χ0v) is 7.06. The molecule has 70 valence electrons. The third-order valence-electron chi connectivity index (χ3n) is 2.34. The topological polar surface area (TPSA) is 76.2 Å². The summed E-state index contributed by atoms with van der Waals surface area (Å²) in [4.78, 5) is 14.3. The molecule has 0 aliphatic heterocycles. The molecule has 1 aliphatic carbocycles. The molecular weight excluding hydrogens is 172 g/mol. The second kappa shape index (κ2) is 3.16. The number of carboxylic acids is 1. The summed E-state index contributed by atoms with van der Waals surface area (Å²) >= 11 is 0. The minimum Gasteiger partial charge on any atom is -0.475 e. The first-order valence-electron chi connectivity index (χ1n) is 4.34. The van der Waals surface area contributed by atoms with Crippen molar-refractivity contribution in [3.05, 3.63) is 11.7 Å². The van der Waals surface area contributed by atoms with Crippen LogP contribution in [0.5, 0.6) is 0 Å². The molecule has 1 N–H and O–H groups in total. The third-order valence-corrected chi connectivity index (χ3v) is 2.34. The van der Waals surface area contributed by atoms with E-state index in [0.717, 1.165) is 25.7 Å². The second-order valence-corrected chi connectivity index (χ2v) is 3.24. The molecule has 0 bridgehead atoms. The maximum Gasteiger partial charge on any atom is 0.377 e. The average molecular weight is 182 g/mol. The van der Waals surface area contributed by atoms with Crippen molar-refractivity contribution >= 4 is 5.97 Å². The number of aromatic carboxylic acids is 1. The van der Waals surface area contributed by atoms with E-state index < -0.39 is 5.97 Å². The van der Waals surface area contributed by atoms with E-state index >= 15 is 0 Å². The van der Waals surface area contributed by atoms with Crippen molar-refractivity contribution in [2.24, 2.45) is 0 Å². The Morgan fingerprint density at radius 2 is 2.15 bits per heavy atom. The van der Waals surface area contributed by atoms with Crippen LogP contribution in [0.1, 0.15) is 48.1 Å². The van der Waals surface area contributed by atoms with Crippen LogP contribution in [0.4, 0.5) is 0 Å². The van der Waals surface area contributed by atoms with Crippen LogP contribution in [0, 0.1) is 0 Å². The Balaban J connectivity index is 2.16. The molecule has 0 atom stereocenters. The number of aromatic nitrogens is 2. The van der Waals surface area contributed by atoms with Crippen molar-refractivity contribution in [1.29, 1.82) is 0 Å². The Hall–Kier alpha value is -1.39. The Kier molecular flexibility index (Phi) is 2.00. The minimum absolute atomic E-state index is 0.234. The second-order valence-electron chi connectivity index (χ2n) is 3.24. The van der Waals surface area contributed by atoms with Crippen molar-refractivity contribution in [2.75, 3.05) is 0 Å². The first-order valence-corrected chi connectivity index (χ1v) is 4.34. The first kappa shape index (κ1) is 8.22. The molecule has 1 aliphatic rings. The Bertz CT molecular complexity index is 315. The SMILES string of the molecule is O=C(O)c1noc(C2CCCC2)n1. The number of hydrogen-bond donors (Lipinski definition) is 1. The third kappa shape index (κ3) is 1.54. The summed E-state index contributed by atoms with van der Waals surface area (Å²) in [6, 6.07) is 0. The highest BCUT2D eigenvalue weighted by molar-refractivity contribution is 5.82. The molecule has 0 spiro atoms. The van der Waals surface area contributed by atoms with E-state index in [2.05, 4.69) is 10.1 Å². The molecule has 1 heterocycles. The Morgan fingerprint density at radius 3 is 2.69 bits per heavy atom. The Labute approximate surface area is 74.8 Å². The summed E-state index contributed by atoms with van der Waals surface area (Å²) in [5, 5.41) is 11.9. The van der Waals surface area contributed by atoms with E-state index in [9.17, 15) is 4.79 Å². The molecule has 1 aromatic heterocycles. The molecule has 1 aromatic rings. The van der Waals surface area contributed by atoms with E-state index in [-0.39, 0.29) is 11.7 Å². The summed E-state index contributed by atoms with van der Waals surface area (Å²) in [6.45, 7) is 0. The van der Waals surface area contributed by atoms with Gasteiger partial charge in [0.15, 0.2) is 0 Å². The van der Waals surface area contributed by atoms with Gasteiger partial charge in [0.1, 0.15) is 0 Å². The smallest absolute Gasteiger partial charge is 0.377 e. The van der Waals surface area contributed by atoms with Gasteiger partial charge in [0.2, 0.25) is 5.89 Å². The van der Waals surface area contributed by atoms with Crippen molar-refractivity contribution < 1.29 is 14.4 Å². The van der Waals surface area contributed by atoms with Crippen LogP contribution >= 0.6 is 0 Å². The lowest BCUT2D eigenvalue weighted by Gasteiger charge is -1.98. The summed E-state index contributed by atoms with van der Waals surface area (Å²) in [7, 11) is 0. The quantitative estimate of drug-likeness (QED) is 0.748. The van der Waals surface area contributed by atoms with Gasteiger partial charge < -0.3 is 9.63 Å². The van der Waals surface area contributed by atoms with E-state index in [0.29, 0.717) is 5.89 Å². The lowest BCUT2D eigenvalue weighted by Crippen LogP contribution is -1.99. The van der Waals surface area contributed by atoms with Gasteiger partial charge in [-0.15, -0.1) is 0 Å². The standard InChI is InChI=1S/C8H10N2O3/c11-8(12)6-9-7(13-10-6)5-3-1-2-4-5/h5H,1-4H2,(H,11,12). The van der Waals surface area contributed by atoms with Gasteiger partial charge in [-0.1, -0.05) is 12.8 Å². The summed E-state index contributed by atoms with van der Waals surface area (Å²) < 4.78 is 4.87. The fraction of sp³-hybridized carbons (Fsp3) is 0.625. The number of carboxylic acid groups (broad SMARTS) is 1. The molecule has 0 aromatic carbocycles. The molecule has 0 unspecified atom stereocenters. The van der Waals surface area contributed by atoms with Crippen molar-refractivity contribution in [1.82, 2.24) is 10.1 Å². The highest BCUT2D eigenvalue weighted by Crippen LogP contribution is 2.32. The predicted octanol–water partition coefficient (Wildman–Crippen LogP) is 1.43. The Morgan fingerprint density at radius 1 is 1.46 bits per heavy atom. The number of rotatable bonds is 2. The highest BCUT2D eigenvalue weighted by atomic mass is 16.5. The van der Waals surface area contributed by atoms with Crippen LogP contribution in [0.2, 0.25) is 0 Å². The van der Waals surface area contributed by atoms with Crippen LogP contribution in [-0.2, 0) is 0 Å². The lowest BCUT2D eigenvalue weighted by molar-refractivity contribution is 0.0680. The van der Waals surface area contributed by atoms with Crippen LogP contribution < -0.4 is 0 Å². The van der Waals surface area contributed by atoms with Gasteiger partial charge in [0.25, 0.3) is 5.82 Å². The number of carbonyl (C=O) groups is 1. The summed E-state index contributed by atoms with van der Waals surface area (Å²) in [5.41, 5.74) is 0. The molecular formula is C8H10N2O3. The first-order chi connectivity index (χ1) is 6.27. The van der Waals surface area contributed by atoms with Crippen molar-refractivity contribution in [3.8, 4) is 0 Å². The largest absolute Gasteiger partial charge is 0.475 e. The zero-order valence-electron chi connectivity index (χ0n) is 7.06. The lowest BCUT2D eigenvalue weighted by atomic mass is 10.1. The van der Waals surface area contributed by atoms with Gasteiger partial charge in [-0.25, -0.2) is 4.79 Å². The summed E-state index contributed by atoms with van der Waals surface area (Å²) in [6.07, 6.45) is 4.38. The van der Waals surface area contributed by atoms with E-state index in [4.69, 9.17) is 9.63 Å². The molecule has 0 amide bonds. The minimum atomic E-state index is -1.13. The van der Waals surface area contributed by atoms with Gasteiger partial charge in [-0.05, 0) is 18.0 Å². The van der Waals surface area contributed by atoms with Gasteiger partial charge in [0, 0.05) is 5.92 Å². The fourth-order valence-electron chi connectivity index (χ4n) is 1.66. The maximum atomic E-state index is 10.4. The predicted molar refractivity (Wildman–Crippen MR) is 42.5 cm³/mol. The van der Waals surface area contributed by atoms with Crippen molar-refractivity contribution in [3.63, 3.8) is 0 Å².